The predicted molar refractivity (Wildman–Crippen MR) is 103 cm³/mol. The molecule has 0 aliphatic carbocycles. The van der Waals surface area contributed by atoms with Gasteiger partial charge in [0.05, 0.1) is 19.8 Å². The fraction of sp³-hybridized carbons (Fsp3) is 0.611. The third kappa shape index (κ3) is 6.53. The molecule has 0 bridgehead atoms. The smallest absolute Gasteiger partial charge is 0.203 e. The molecule has 1 N–H and O–H groups in total. The lowest BCUT2D eigenvalue weighted by Gasteiger charge is -2.18. The first-order valence-electron chi connectivity index (χ1n) is 8.52. The monoisotopic (exact) mass is 354 g/mol. The predicted octanol–water partition coefficient (Wildman–Crippen LogP) is 3.10. The first-order chi connectivity index (χ1) is 11.5. The second-order valence-electron chi connectivity index (χ2n) is 5.51. The van der Waals surface area contributed by atoms with E-state index >= 15 is 0 Å². The van der Waals surface area contributed by atoms with Crippen molar-refractivity contribution in [3.8, 4) is 17.2 Å². The van der Waals surface area contributed by atoms with E-state index in [1.807, 2.05) is 32.9 Å². The van der Waals surface area contributed by atoms with Crippen LogP contribution < -0.4 is 19.5 Å². The van der Waals surface area contributed by atoms with Crippen LogP contribution in [0.5, 0.6) is 17.2 Å². The van der Waals surface area contributed by atoms with Crippen LogP contribution in [0.25, 0.3) is 0 Å². The molecule has 0 spiro atoms. The Bertz CT molecular complexity index is 494. The van der Waals surface area contributed by atoms with Gasteiger partial charge >= 0.3 is 0 Å². The molecular formula is C18H30N2O3S. The van der Waals surface area contributed by atoms with E-state index in [1.54, 1.807) is 0 Å². The zero-order valence-electron chi connectivity index (χ0n) is 15.5. The summed E-state index contributed by atoms with van der Waals surface area (Å²) >= 11 is 5.52. The van der Waals surface area contributed by atoms with E-state index in [-0.39, 0.29) is 0 Å². The number of nitrogens with zero attached hydrogens (tertiary/aromatic N) is 1. The molecule has 0 heterocycles. The highest BCUT2D eigenvalue weighted by Crippen LogP contribution is 2.39. The summed E-state index contributed by atoms with van der Waals surface area (Å²) in [6.45, 7) is 9.34. The van der Waals surface area contributed by atoms with Gasteiger partial charge in [0.2, 0.25) is 5.75 Å². The lowest BCUT2D eigenvalue weighted by atomic mass is 10.1. The molecule has 1 aromatic carbocycles. The summed E-state index contributed by atoms with van der Waals surface area (Å²) in [6.07, 6.45) is 1.03. The molecule has 0 saturated carbocycles. The lowest BCUT2D eigenvalue weighted by Crippen LogP contribution is -2.26. The molecule has 0 saturated heterocycles. The lowest BCUT2D eigenvalue weighted by molar-refractivity contribution is 0.260. The van der Waals surface area contributed by atoms with Crippen molar-refractivity contribution < 1.29 is 14.2 Å². The largest absolute Gasteiger partial charge is 0.490 e. The first-order valence-corrected chi connectivity index (χ1v) is 8.93. The molecule has 0 fully saturated rings. The minimum atomic E-state index is 0.548. The molecule has 5 nitrogen and oxygen atoms in total. The minimum absolute atomic E-state index is 0.548. The van der Waals surface area contributed by atoms with Gasteiger partial charge in [-0.2, -0.15) is 0 Å². The maximum absolute atomic E-state index is 5.73. The topological polar surface area (TPSA) is 43.0 Å². The van der Waals surface area contributed by atoms with E-state index < -0.39 is 0 Å². The first kappa shape index (κ1) is 20.5. The van der Waals surface area contributed by atoms with Gasteiger partial charge in [0.1, 0.15) is 4.99 Å². The van der Waals surface area contributed by atoms with Crippen LogP contribution >= 0.6 is 12.2 Å². The third-order valence-electron chi connectivity index (χ3n) is 3.24. The van der Waals surface area contributed by atoms with Crippen molar-refractivity contribution in [2.24, 2.45) is 0 Å². The minimum Gasteiger partial charge on any atom is -0.490 e. The molecular weight excluding hydrogens is 324 g/mol. The fourth-order valence-corrected chi connectivity index (χ4v) is 2.44. The second-order valence-corrected chi connectivity index (χ2v) is 5.92. The van der Waals surface area contributed by atoms with Crippen molar-refractivity contribution >= 4 is 17.2 Å². The van der Waals surface area contributed by atoms with Gasteiger partial charge in [0.25, 0.3) is 0 Å². The standard InChI is InChI=1S/C18H30N2O3S/c1-6-21-15-12-14(18(24)19-10-9-11-20(4)5)13-16(22-7-2)17(15)23-8-3/h12-13H,6-11H2,1-5H3,(H,19,24). The highest BCUT2D eigenvalue weighted by Gasteiger charge is 2.16. The Labute approximate surface area is 151 Å². The number of hydrogen-bond acceptors (Lipinski definition) is 5. The molecule has 0 atom stereocenters. The number of rotatable bonds is 11. The molecule has 0 aromatic heterocycles. The quantitative estimate of drug-likeness (QED) is 0.487. The second kappa shape index (κ2) is 11.1. The summed E-state index contributed by atoms with van der Waals surface area (Å²) in [7, 11) is 4.13. The van der Waals surface area contributed by atoms with E-state index in [4.69, 9.17) is 26.4 Å². The SMILES string of the molecule is CCOc1cc(C(=S)NCCCN(C)C)cc(OCC)c1OCC. The number of benzene rings is 1. The molecule has 0 aliphatic heterocycles. The van der Waals surface area contributed by atoms with E-state index in [9.17, 15) is 0 Å². The normalized spacial score (nSPS) is 10.6. The molecule has 1 rings (SSSR count). The summed E-state index contributed by atoms with van der Waals surface area (Å²) in [6, 6.07) is 3.83. The van der Waals surface area contributed by atoms with Gasteiger partial charge in [0.15, 0.2) is 11.5 Å². The Hall–Kier alpha value is -1.53. The Balaban J connectivity index is 2.94. The van der Waals surface area contributed by atoms with E-state index in [0.29, 0.717) is 42.1 Å². The van der Waals surface area contributed by atoms with E-state index in [0.717, 1.165) is 25.1 Å². The Morgan fingerprint density at radius 2 is 1.54 bits per heavy atom. The van der Waals surface area contributed by atoms with Gasteiger partial charge in [-0.1, -0.05) is 12.2 Å². The molecule has 24 heavy (non-hydrogen) atoms. The van der Waals surface area contributed by atoms with Gasteiger partial charge in [-0.05, 0) is 60.0 Å². The number of nitrogens with one attached hydrogen (secondary N) is 1. The van der Waals surface area contributed by atoms with Crippen LogP contribution in [0.2, 0.25) is 0 Å². The van der Waals surface area contributed by atoms with Crippen molar-refractivity contribution in [3.63, 3.8) is 0 Å². The maximum atomic E-state index is 5.73. The van der Waals surface area contributed by atoms with Crippen LogP contribution in [0.15, 0.2) is 12.1 Å². The van der Waals surface area contributed by atoms with Crippen molar-refractivity contribution in [2.75, 3.05) is 47.0 Å². The Kier molecular flexibility index (Phi) is 9.49. The Morgan fingerprint density at radius 1 is 1.00 bits per heavy atom. The molecule has 0 aliphatic rings. The van der Waals surface area contributed by atoms with Crippen LogP contribution in [-0.4, -0.2) is 56.9 Å². The molecule has 0 amide bonds. The van der Waals surface area contributed by atoms with Gasteiger partial charge in [0, 0.05) is 12.1 Å². The molecule has 0 unspecified atom stereocenters. The van der Waals surface area contributed by atoms with E-state index in [2.05, 4.69) is 24.3 Å². The van der Waals surface area contributed by atoms with Crippen molar-refractivity contribution in [1.82, 2.24) is 10.2 Å². The van der Waals surface area contributed by atoms with Crippen molar-refractivity contribution in [3.05, 3.63) is 17.7 Å². The van der Waals surface area contributed by atoms with Gasteiger partial charge in [-0.3, -0.25) is 0 Å². The average Bonchev–Trinajstić information content (AvgIpc) is 2.54. The van der Waals surface area contributed by atoms with Crippen LogP contribution in [0.1, 0.15) is 32.8 Å². The zero-order valence-corrected chi connectivity index (χ0v) is 16.3. The fourth-order valence-electron chi connectivity index (χ4n) is 2.22. The van der Waals surface area contributed by atoms with Gasteiger partial charge in [-0.15, -0.1) is 0 Å². The summed E-state index contributed by atoms with van der Waals surface area (Å²) < 4.78 is 17.2. The van der Waals surface area contributed by atoms with Gasteiger partial charge in [-0.25, -0.2) is 0 Å². The number of ether oxygens (including phenoxy) is 3. The Morgan fingerprint density at radius 3 is 2.00 bits per heavy atom. The number of thiocarbonyl (C=S) groups is 1. The maximum Gasteiger partial charge on any atom is 0.203 e. The summed E-state index contributed by atoms with van der Waals surface area (Å²) in [5.41, 5.74) is 0.880. The van der Waals surface area contributed by atoms with Crippen LogP contribution in [0, 0.1) is 0 Å². The summed E-state index contributed by atoms with van der Waals surface area (Å²) in [5.74, 6) is 1.97. The molecule has 0 radical (unpaired) electrons. The zero-order chi connectivity index (χ0) is 17.9. The molecule has 6 heteroatoms. The number of hydrogen-bond donors (Lipinski definition) is 1. The van der Waals surface area contributed by atoms with Crippen molar-refractivity contribution in [2.45, 2.75) is 27.2 Å². The van der Waals surface area contributed by atoms with E-state index in [1.165, 1.54) is 0 Å². The molecule has 136 valence electrons. The summed E-state index contributed by atoms with van der Waals surface area (Å²) in [5, 5.41) is 3.30. The average molecular weight is 355 g/mol. The summed E-state index contributed by atoms with van der Waals surface area (Å²) in [4.78, 5) is 2.85. The van der Waals surface area contributed by atoms with Crippen LogP contribution in [0.4, 0.5) is 0 Å². The van der Waals surface area contributed by atoms with Crippen LogP contribution in [-0.2, 0) is 0 Å². The molecule has 1 aromatic rings. The van der Waals surface area contributed by atoms with Crippen LogP contribution in [0.3, 0.4) is 0 Å². The van der Waals surface area contributed by atoms with Crippen molar-refractivity contribution in [1.29, 1.82) is 0 Å². The third-order valence-corrected chi connectivity index (χ3v) is 3.62. The van der Waals surface area contributed by atoms with Gasteiger partial charge < -0.3 is 24.4 Å². The highest BCUT2D eigenvalue weighted by atomic mass is 32.1. The highest BCUT2D eigenvalue weighted by molar-refractivity contribution is 7.80.